The largest absolute Gasteiger partial charge is 0.508 e. The summed E-state index contributed by atoms with van der Waals surface area (Å²) in [5.41, 5.74) is 1.43. The topological polar surface area (TPSA) is 32.3 Å². The van der Waals surface area contributed by atoms with Crippen molar-refractivity contribution in [1.82, 2.24) is 5.32 Å². The highest BCUT2D eigenvalue weighted by molar-refractivity contribution is 5.45. The quantitative estimate of drug-likeness (QED) is 0.673. The summed E-state index contributed by atoms with van der Waals surface area (Å²) in [6, 6.07) is 7.74. The van der Waals surface area contributed by atoms with E-state index in [-0.39, 0.29) is 5.41 Å². The molecule has 2 fully saturated rings. The Kier molecular flexibility index (Phi) is 1.29. The molecule has 2 nitrogen and oxygen atoms in total. The molecule has 1 aliphatic heterocycles. The van der Waals surface area contributed by atoms with Crippen molar-refractivity contribution in [3.63, 3.8) is 0 Å². The Labute approximate surface area is 77.6 Å². The number of piperidine rings is 1. The van der Waals surface area contributed by atoms with Gasteiger partial charge >= 0.3 is 0 Å². The highest BCUT2D eigenvalue weighted by Crippen LogP contribution is 2.58. The van der Waals surface area contributed by atoms with Gasteiger partial charge in [-0.05, 0) is 24.9 Å². The standard InChI is InChI=1S/C11H13NO/c13-10-4-2-1-3-9(10)11-5-8(11)6-12-7-11/h1-4,8,12-13H,5-7H2. The lowest BCUT2D eigenvalue weighted by Gasteiger charge is -2.13. The molecule has 0 aromatic heterocycles. The van der Waals surface area contributed by atoms with Gasteiger partial charge in [0, 0.05) is 17.5 Å². The number of phenolic OH excluding ortho intramolecular Hbond substituents is 1. The summed E-state index contributed by atoms with van der Waals surface area (Å²) in [7, 11) is 0. The SMILES string of the molecule is Oc1ccccc1C12CNCC1C2. The minimum absolute atomic E-state index is 0.283. The third-order valence-electron chi connectivity index (χ3n) is 3.50. The maximum absolute atomic E-state index is 9.74. The molecule has 1 aromatic rings. The average molecular weight is 175 g/mol. The highest BCUT2D eigenvalue weighted by Gasteiger charge is 2.58. The first-order chi connectivity index (χ1) is 6.33. The molecular formula is C11H13NO. The second-order valence-corrected chi connectivity index (χ2v) is 4.21. The summed E-state index contributed by atoms with van der Waals surface area (Å²) in [5, 5.41) is 13.1. The predicted octanol–water partition coefficient (Wildman–Crippen LogP) is 1.25. The van der Waals surface area contributed by atoms with Crippen LogP contribution in [0.2, 0.25) is 0 Å². The summed E-state index contributed by atoms with van der Waals surface area (Å²) in [5.74, 6) is 1.23. The molecule has 2 unspecified atom stereocenters. The van der Waals surface area contributed by atoms with Crippen molar-refractivity contribution in [2.45, 2.75) is 11.8 Å². The Balaban J connectivity index is 2.06. The molecule has 0 bridgehead atoms. The van der Waals surface area contributed by atoms with E-state index < -0.39 is 0 Å². The Morgan fingerprint density at radius 3 is 2.85 bits per heavy atom. The van der Waals surface area contributed by atoms with Gasteiger partial charge in [0.2, 0.25) is 0 Å². The molecule has 0 spiro atoms. The predicted molar refractivity (Wildman–Crippen MR) is 50.8 cm³/mol. The third kappa shape index (κ3) is 0.866. The van der Waals surface area contributed by atoms with E-state index >= 15 is 0 Å². The number of phenols is 1. The molecule has 2 aliphatic rings. The second-order valence-electron chi connectivity index (χ2n) is 4.21. The Morgan fingerprint density at radius 1 is 1.38 bits per heavy atom. The Bertz CT molecular complexity index is 350. The number of aromatic hydroxyl groups is 1. The summed E-state index contributed by atoms with van der Waals surface area (Å²) in [6.45, 7) is 2.16. The number of benzene rings is 1. The van der Waals surface area contributed by atoms with Crippen LogP contribution in [-0.4, -0.2) is 18.2 Å². The zero-order chi connectivity index (χ0) is 8.89. The van der Waals surface area contributed by atoms with Gasteiger partial charge in [-0.3, -0.25) is 0 Å². The molecule has 1 aliphatic carbocycles. The van der Waals surface area contributed by atoms with Gasteiger partial charge in [-0.15, -0.1) is 0 Å². The lowest BCUT2D eigenvalue weighted by Crippen LogP contribution is -2.19. The Hall–Kier alpha value is -1.02. The highest BCUT2D eigenvalue weighted by atomic mass is 16.3. The van der Waals surface area contributed by atoms with Crippen LogP contribution >= 0.6 is 0 Å². The molecular weight excluding hydrogens is 162 g/mol. The molecule has 0 amide bonds. The van der Waals surface area contributed by atoms with Gasteiger partial charge < -0.3 is 10.4 Å². The number of hydrogen-bond donors (Lipinski definition) is 2. The van der Waals surface area contributed by atoms with Gasteiger partial charge in [0.15, 0.2) is 0 Å². The lowest BCUT2D eigenvalue weighted by atomic mass is 9.94. The average Bonchev–Trinajstić information content (AvgIpc) is 2.70. The van der Waals surface area contributed by atoms with Crippen molar-refractivity contribution in [1.29, 1.82) is 0 Å². The zero-order valence-electron chi connectivity index (χ0n) is 7.46. The fraction of sp³-hybridized carbons (Fsp3) is 0.455. The molecule has 68 valence electrons. The first-order valence-electron chi connectivity index (χ1n) is 4.82. The number of fused-ring (bicyclic) bond motifs is 1. The van der Waals surface area contributed by atoms with Crippen LogP contribution in [0.1, 0.15) is 12.0 Å². The van der Waals surface area contributed by atoms with Crippen molar-refractivity contribution in [3.8, 4) is 5.75 Å². The van der Waals surface area contributed by atoms with E-state index in [2.05, 4.69) is 11.4 Å². The molecule has 13 heavy (non-hydrogen) atoms. The van der Waals surface area contributed by atoms with Gasteiger partial charge in [-0.2, -0.15) is 0 Å². The van der Waals surface area contributed by atoms with Crippen molar-refractivity contribution in [2.24, 2.45) is 5.92 Å². The van der Waals surface area contributed by atoms with E-state index in [1.807, 2.05) is 12.1 Å². The Morgan fingerprint density at radius 2 is 2.23 bits per heavy atom. The number of nitrogens with one attached hydrogen (secondary N) is 1. The van der Waals surface area contributed by atoms with E-state index in [0.29, 0.717) is 5.75 Å². The van der Waals surface area contributed by atoms with E-state index in [1.54, 1.807) is 6.07 Å². The van der Waals surface area contributed by atoms with Crippen LogP contribution in [0.25, 0.3) is 0 Å². The smallest absolute Gasteiger partial charge is 0.119 e. The first-order valence-corrected chi connectivity index (χ1v) is 4.82. The van der Waals surface area contributed by atoms with Crippen LogP contribution in [0.4, 0.5) is 0 Å². The summed E-state index contributed by atoms with van der Waals surface area (Å²) >= 11 is 0. The molecule has 0 radical (unpaired) electrons. The van der Waals surface area contributed by atoms with E-state index in [1.165, 1.54) is 6.42 Å². The maximum Gasteiger partial charge on any atom is 0.119 e. The molecule has 2 atom stereocenters. The zero-order valence-corrected chi connectivity index (χ0v) is 7.46. The molecule has 1 aromatic carbocycles. The van der Waals surface area contributed by atoms with Crippen LogP contribution in [0, 0.1) is 5.92 Å². The minimum atomic E-state index is 0.283. The van der Waals surface area contributed by atoms with Crippen molar-refractivity contribution >= 4 is 0 Å². The molecule has 3 rings (SSSR count). The lowest BCUT2D eigenvalue weighted by molar-refractivity contribution is 0.458. The molecule has 1 saturated carbocycles. The molecule has 2 N–H and O–H groups in total. The fourth-order valence-electron chi connectivity index (χ4n) is 2.65. The van der Waals surface area contributed by atoms with Crippen LogP contribution in [0.15, 0.2) is 24.3 Å². The van der Waals surface area contributed by atoms with Crippen molar-refractivity contribution in [2.75, 3.05) is 13.1 Å². The fourth-order valence-corrected chi connectivity index (χ4v) is 2.65. The van der Waals surface area contributed by atoms with Gasteiger partial charge in [-0.25, -0.2) is 0 Å². The van der Waals surface area contributed by atoms with Gasteiger partial charge in [0.1, 0.15) is 5.75 Å². The monoisotopic (exact) mass is 175 g/mol. The summed E-state index contributed by atoms with van der Waals surface area (Å²) in [4.78, 5) is 0. The number of rotatable bonds is 1. The van der Waals surface area contributed by atoms with E-state index in [4.69, 9.17) is 0 Å². The van der Waals surface area contributed by atoms with Gasteiger partial charge in [0.05, 0.1) is 0 Å². The third-order valence-corrected chi connectivity index (χ3v) is 3.50. The minimum Gasteiger partial charge on any atom is -0.508 e. The van der Waals surface area contributed by atoms with Crippen LogP contribution in [0.5, 0.6) is 5.75 Å². The number of para-hydroxylation sites is 1. The molecule has 1 heterocycles. The summed E-state index contributed by atoms with van der Waals surface area (Å²) < 4.78 is 0. The molecule has 2 heteroatoms. The van der Waals surface area contributed by atoms with Gasteiger partial charge in [0.25, 0.3) is 0 Å². The number of hydrogen-bond acceptors (Lipinski definition) is 2. The van der Waals surface area contributed by atoms with Gasteiger partial charge in [-0.1, -0.05) is 18.2 Å². The van der Waals surface area contributed by atoms with E-state index in [9.17, 15) is 5.11 Å². The van der Waals surface area contributed by atoms with Crippen LogP contribution < -0.4 is 5.32 Å². The van der Waals surface area contributed by atoms with Crippen LogP contribution in [-0.2, 0) is 5.41 Å². The maximum atomic E-state index is 9.74. The first kappa shape index (κ1) is 7.39. The summed E-state index contributed by atoms with van der Waals surface area (Å²) in [6.07, 6.45) is 1.25. The van der Waals surface area contributed by atoms with Crippen molar-refractivity contribution < 1.29 is 5.11 Å². The normalized spacial score (nSPS) is 35.8. The van der Waals surface area contributed by atoms with Crippen LogP contribution in [0.3, 0.4) is 0 Å². The van der Waals surface area contributed by atoms with E-state index in [0.717, 1.165) is 24.6 Å². The van der Waals surface area contributed by atoms with Crippen molar-refractivity contribution in [3.05, 3.63) is 29.8 Å². The molecule has 1 saturated heterocycles. The second kappa shape index (κ2) is 2.26.